The van der Waals surface area contributed by atoms with Crippen molar-refractivity contribution in [2.24, 2.45) is 5.92 Å². The van der Waals surface area contributed by atoms with Crippen LogP contribution in [0.5, 0.6) is 0 Å². The number of fused-ring (bicyclic) bond motifs is 3. The Hall–Kier alpha value is -3.54. The summed E-state index contributed by atoms with van der Waals surface area (Å²) in [6.07, 6.45) is -2.87. The number of carbonyl (C=O) groups is 1. The molecule has 1 fully saturated rings. The van der Waals surface area contributed by atoms with E-state index in [0.29, 0.717) is 43.6 Å². The highest BCUT2D eigenvalue weighted by atomic mass is 32.1. The van der Waals surface area contributed by atoms with Gasteiger partial charge in [-0.1, -0.05) is 53.7 Å². The van der Waals surface area contributed by atoms with E-state index >= 15 is 0 Å². The van der Waals surface area contributed by atoms with Gasteiger partial charge in [0.25, 0.3) is 0 Å². The molecule has 11 heteroatoms. The molecule has 2 atom stereocenters. The minimum atomic E-state index is -4.69. The molecule has 0 saturated carbocycles. The number of thiazole rings is 1. The van der Waals surface area contributed by atoms with Crippen molar-refractivity contribution in [2.45, 2.75) is 38.0 Å². The second-order valence-electron chi connectivity index (χ2n) is 10.3. The predicted octanol–water partition coefficient (Wildman–Crippen LogP) is 6.08. The number of piperidine rings is 1. The van der Waals surface area contributed by atoms with Gasteiger partial charge in [0.2, 0.25) is 5.76 Å². The third-order valence-electron chi connectivity index (χ3n) is 7.59. The van der Waals surface area contributed by atoms with Crippen molar-refractivity contribution >= 4 is 17.3 Å². The summed E-state index contributed by atoms with van der Waals surface area (Å²) in [6, 6.07) is 13.8. The van der Waals surface area contributed by atoms with Crippen LogP contribution in [0.2, 0.25) is 0 Å². The van der Waals surface area contributed by atoms with Crippen LogP contribution in [0.25, 0.3) is 32.5 Å². The van der Waals surface area contributed by atoms with Gasteiger partial charge >= 0.3 is 12.1 Å². The number of β-amino-alcohol motifs (C(OH)–C–C–N with tert-alkyl or cyclic N) is 1. The number of likely N-dealkylation sites (tertiary alicyclic amines) is 1. The fourth-order valence-corrected chi connectivity index (χ4v) is 6.75. The molecular weight excluding hydrogens is 543 g/mol. The molecule has 3 heterocycles. The van der Waals surface area contributed by atoms with E-state index in [1.807, 2.05) is 23.1 Å². The van der Waals surface area contributed by atoms with Gasteiger partial charge in [-0.2, -0.15) is 13.2 Å². The first-order valence-electron chi connectivity index (χ1n) is 13.1. The molecule has 208 valence electrons. The minimum Gasteiger partial charge on any atom is -0.481 e. The number of hydrogen-bond acceptors (Lipinski definition) is 7. The van der Waals surface area contributed by atoms with Gasteiger partial charge in [0.1, 0.15) is 11.3 Å². The van der Waals surface area contributed by atoms with Crippen molar-refractivity contribution < 1.29 is 32.7 Å². The topological polar surface area (TPSA) is 99.7 Å². The summed E-state index contributed by atoms with van der Waals surface area (Å²) in [5.41, 5.74) is 2.41. The van der Waals surface area contributed by atoms with E-state index in [9.17, 15) is 28.2 Å². The summed E-state index contributed by atoms with van der Waals surface area (Å²) in [6.45, 7) is 1.50. The number of rotatable bonds is 6. The van der Waals surface area contributed by atoms with E-state index < -0.39 is 29.7 Å². The van der Waals surface area contributed by atoms with E-state index in [4.69, 9.17) is 4.52 Å². The Balaban J connectivity index is 1.28. The highest BCUT2D eigenvalue weighted by Crippen LogP contribution is 2.47. The quantitative estimate of drug-likeness (QED) is 0.290. The zero-order chi connectivity index (χ0) is 28.0. The van der Waals surface area contributed by atoms with Crippen molar-refractivity contribution in [1.82, 2.24) is 15.0 Å². The van der Waals surface area contributed by atoms with E-state index in [0.717, 1.165) is 45.9 Å². The maximum absolute atomic E-state index is 14.2. The summed E-state index contributed by atoms with van der Waals surface area (Å²) < 4.78 is 47.9. The molecule has 0 bridgehead atoms. The molecule has 4 aromatic rings. The highest BCUT2D eigenvalue weighted by Gasteiger charge is 2.42. The maximum Gasteiger partial charge on any atom is 0.422 e. The van der Waals surface area contributed by atoms with Crippen molar-refractivity contribution in [3.63, 3.8) is 0 Å². The van der Waals surface area contributed by atoms with Crippen LogP contribution in [0.3, 0.4) is 0 Å². The number of carboxylic acid groups (broad SMARTS) is 1. The van der Waals surface area contributed by atoms with Crippen molar-refractivity contribution in [2.75, 3.05) is 19.6 Å². The molecule has 2 aromatic heterocycles. The van der Waals surface area contributed by atoms with Crippen LogP contribution < -0.4 is 0 Å². The second-order valence-corrected chi connectivity index (χ2v) is 11.3. The Labute approximate surface area is 231 Å². The second kappa shape index (κ2) is 10.5. The Morgan fingerprint density at radius 3 is 2.73 bits per heavy atom. The lowest BCUT2D eigenvalue weighted by atomic mass is 9.91. The molecule has 6 rings (SSSR count). The summed E-state index contributed by atoms with van der Waals surface area (Å²) >= 11 is 1.14. The number of nitrogens with zero attached hydrogens (tertiary/aromatic N) is 3. The molecule has 2 aliphatic rings. The van der Waals surface area contributed by atoms with Gasteiger partial charge in [-0.25, -0.2) is 4.98 Å². The molecular formula is C29H26F3N3O4S. The summed E-state index contributed by atoms with van der Waals surface area (Å²) in [4.78, 5) is 18.7. The lowest BCUT2D eigenvalue weighted by molar-refractivity contribution is -0.143. The van der Waals surface area contributed by atoms with Crippen LogP contribution in [0.4, 0.5) is 13.2 Å². The molecule has 0 amide bonds. The number of aromatic nitrogens is 2. The van der Waals surface area contributed by atoms with Crippen molar-refractivity contribution in [3.8, 4) is 32.5 Å². The van der Waals surface area contributed by atoms with Gasteiger partial charge in [-0.3, -0.25) is 9.69 Å². The number of aryl methyl sites for hydroxylation is 2. The standard InChI is InChI=1S/C29H26F3N3O4S/c30-29(31,32)23-24(16-5-2-1-3-6-16)34-39-25(23)27-33-21-11-9-17-13-18(8-10-20(17)26(21)40-27)22(36)15-35-12-4-7-19(14-35)28(37)38/h1-3,5-6,8,10,13,19,22,36H,4,7,9,11-12,14-15H2,(H,37,38)/t19-,22+/m0/s1. The SMILES string of the molecule is O=C(O)[C@H]1CCCN(C[C@@H](O)c2ccc3c(c2)CCc2nc(-c4onc(-c5ccccc5)c4C(F)(F)F)sc2-3)C1. The van der Waals surface area contributed by atoms with E-state index in [1.165, 1.54) is 0 Å². The maximum atomic E-state index is 14.2. The molecule has 1 aliphatic heterocycles. The predicted molar refractivity (Wildman–Crippen MR) is 143 cm³/mol. The van der Waals surface area contributed by atoms with E-state index in [-0.39, 0.29) is 16.5 Å². The number of halogens is 3. The van der Waals surface area contributed by atoms with Gasteiger partial charge in [0, 0.05) is 18.7 Å². The van der Waals surface area contributed by atoms with Crippen LogP contribution in [-0.2, 0) is 23.8 Å². The van der Waals surface area contributed by atoms with Crippen LogP contribution >= 0.6 is 11.3 Å². The number of aliphatic hydroxyl groups is 1. The molecule has 1 saturated heterocycles. The van der Waals surface area contributed by atoms with Gasteiger partial charge in [0.15, 0.2) is 5.01 Å². The Morgan fingerprint density at radius 2 is 1.98 bits per heavy atom. The van der Waals surface area contributed by atoms with Crippen LogP contribution in [0.1, 0.15) is 41.3 Å². The third-order valence-corrected chi connectivity index (χ3v) is 8.72. The number of aliphatic carboxylic acids is 1. The van der Waals surface area contributed by atoms with Gasteiger partial charge in [-0.05, 0) is 48.9 Å². The Kier molecular flexibility index (Phi) is 6.97. The van der Waals surface area contributed by atoms with Crippen molar-refractivity contribution in [3.05, 3.63) is 70.9 Å². The molecule has 1 aliphatic carbocycles. The first-order valence-corrected chi connectivity index (χ1v) is 13.9. The first kappa shape index (κ1) is 26.7. The Bertz CT molecular complexity index is 1550. The van der Waals surface area contributed by atoms with Gasteiger partial charge < -0.3 is 14.7 Å². The zero-order valence-electron chi connectivity index (χ0n) is 21.3. The average Bonchev–Trinajstić information content (AvgIpc) is 3.58. The fourth-order valence-electron chi connectivity index (χ4n) is 5.60. The number of carboxylic acids is 1. The van der Waals surface area contributed by atoms with Gasteiger partial charge in [-0.15, -0.1) is 11.3 Å². The van der Waals surface area contributed by atoms with E-state index in [1.54, 1.807) is 30.3 Å². The first-order chi connectivity index (χ1) is 19.2. The van der Waals surface area contributed by atoms with Crippen LogP contribution in [-0.4, -0.2) is 50.9 Å². The minimum absolute atomic E-state index is 0.127. The molecule has 0 unspecified atom stereocenters. The number of alkyl halides is 3. The smallest absolute Gasteiger partial charge is 0.422 e. The fraction of sp³-hybridized carbons (Fsp3) is 0.345. The Morgan fingerprint density at radius 1 is 1.18 bits per heavy atom. The van der Waals surface area contributed by atoms with E-state index in [2.05, 4.69) is 10.1 Å². The normalized spacial score (nSPS) is 18.2. The van der Waals surface area contributed by atoms with Gasteiger partial charge in [0.05, 0.1) is 22.6 Å². The largest absolute Gasteiger partial charge is 0.481 e. The molecule has 2 aromatic carbocycles. The highest BCUT2D eigenvalue weighted by molar-refractivity contribution is 7.18. The third kappa shape index (κ3) is 5.04. The number of hydrogen-bond donors (Lipinski definition) is 2. The summed E-state index contributed by atoms with van der Waals surface area (Å²) in [7, 11) is 0. The summed E-state index contributed by atoms with van der Waals surface area (Å²) in [5.74, 6) is -1.62. The monoisotopic (exact) mass is 569 g/mol. The summed E-state index contributed by atoms with van der Waals surface area (Å²) in [5, 5.41) is 24.2. The molecule has 0 spiro atoms. The lowest BCUT2D eigenvalue weighted by Gasteiger charge is -2.32. The number of benzene rings is 2. The average molecular weight is 570 g/mol. The molecule has 0 radical (unpaired) electrons. The molecule has 40 heavy (non-hydrogen) atoms. The van der Waals surface area contributed by atoms with Crippen molar-refractivity contribution in [1.29, 1.82) is 0 Å². The molecule has 2 N–H and O–H groups in total. The number of aliphatic hydroxyl groups excluding tert-OH is 1. The zero-order valence-corrected chi connectivity index (χ0v) is 22.1. The molecule has 7 nitrogen and oxygen atoms in total. The van der Waals surface area contributed by atoms with Crippen LogP contribution in [0, 0.1) is 5.92 Å². The lowest BCUT2D eigenvalue weighted by Crippen LogP contribution is -2.40. The van der Waals surface area contributed by atoms with Crippen LogP contribution in [0.15, 0.2) is 53.1 Å².